The van der Waals surface area contributed by atoms with Gasteiger partial charge in [0.25, 0.3) is 0 Å². The van der Waals surface area contributed by atoms with Gasteiger partial charge in [0.2, 0.25) is 0 Å². The molecule has 1 unspecified atom stereocenters. The number of aliphatic carboxylic acids is 2. The lowest BCUT2D eigenvalue weighted by atomic mass is 9.78. The monoisotopic (exact) mass is 226 g/mol. The van der Waals surface area contributed by atoms with E-state index in [1.165, 1.54) is 6.42 Å². The molecule has 4 nitrogen and oxygen atoms in total. The highest BCUT2D eigenvalue weighted by Gasteiger charge is 2.29. The number of hydrogen-bond donors (Lipinski definition) is 2. The summed E-state index contributed by atoms with van der Waals surface area (Å²) >= 11 is 0. The molecule has 0 aromatic heterocycles. The second-order valence-electron chi connectivity index (χ2n) is 4.40. The Morgan fingerprint density at radius 3 is 2.19 bits per heavy atom. The lowest BCUT2D eigenvalue weighted by molar-refractivity contribution is -0.147. The zero-order valence-corrected chi connectivity index (χ0v) is 9.32. The number of carboxylic acids is 2. The Morgan fingerprint density at radius 2 is 1.75 bits per heavy atom. The van der Waals surface area contributed by atoms with Gasteiger partial charge in [0.05, 0.1) is 12.3 Å². The Kier molecular flexibility index (Phi) is 4.52. The Bertz CT molecular complexity index is 289. The highest BCUT2D eigenvalue weighted by atomic mass is 16.4. The van der Waals surface area contributed by atoms with Crippen LogP contribution in [0.15, 0.2) is 12.2 Å². The second kappa shape index (κ2) is 5.68. The highest BCUT2D eigenvalue weighted by molar-refractivity contribution is 5.80. The minimum atomic E-state index is -1.08. The van der Waals surface area contributed by atoms with E-state index >= 15 is 0 Å². The van der Waals surface area contributed by atoms with Crippen LogP contribution in [0.1, 0.15) is 38.5 Å². The third-order valence-corrected chi connectivity index (χ3v) is 3.25. The lowest BCUT2D eigenvalue weighted by Crippen LogP contribution is -2.24. The van der Waals surface area contributed by atoms with E-state index in [4.69, 9.17) is 10.2 Å². The Labute approximate surface area is 95.0 Å². The van der Waals surface area contributed by atoms with Gasteiger partial charge in [-0.2, -0.15) is 0 Å². The summed E-state index contributed by atoms with van der Waals surface area (Å²) in [7, 11) is 0. The summed E-state index contributed by atoms with van der Waals surface area (Å²) in [6.45, 7) is 3.81. The molecule has 1 atom stereocenters. The van der Waals surface area contributed by atoms with Crippen molar-refractivity contribution in [2.24, 2.45) is 11.8 Å². The molecule has 0 aromatic rings. The molecular formula is C12H18O4. The number of carbonyl (C=O) groups is 2. The first-order valence-electron chi connectivity index (χ1n) is 5.65. The first-order chi connectivity index (χ1) is 7.52. The summed E-state index contributed by atoms with van der Waals surface area (Å²) in [5.41, 5.74) is 0.592. The molecule has 0 aliphatic heterocycles. The number of hydrogen-bond acceptors (Lipinski definition) is 2. The molecule has 0 amide bonds. The highest BCUT2D eigenvalue weighted by Crippen LogP contribution is 2.33. The van der Waals surface area contributed by atoms with Crippen molar-refractivity contribution >= 4 is 11.9 Å². The van der Waals surface area contributed by atoms with E-state index in [0.717, 1.165) is 25.7 Å². The first kappa shape index (κ1) is 12.7. The van der Waals surface area contributed by atoms with E-state index in [1.807, 2.05) is 0 Å². The van der Waals surface area contributed by atoms with Gasteiger partial charge < -0.3 is 10.2 Å². The maximum absolute atomic E-state index is 11.0. The molecule has 1 rings (SSSR count). The van der Waals surface area contributed by atoms with Gasteiger partial charge in [0.1, 0.15) is 0 Å². The predicted octanol–water partition coefficient (Wildman–Crippen LogP) is 2.30. The van der Waals surface area contributed by atoms with Crippen molar-refractivity contribution in [2.75, 3.05) is 0 Å². The Morgan fingerprint density at radius 1 is 1.19 bits per heavy atom. The molecule has 1 fully saturated rings. The Hall–Kier alpha value is -1.32. The van der Waals surface area contributed by atoms with Gasteiger partial charge >= 0.3 is 11.9 Å². The molecule has 1 aliphatic rings. The molecule has 0 heterocycles. The molecular weight excluding hydrogens is 208 g/mol. The van der Waals surface area contributed by atoms with Gasteiger partial charge in [-0.1, -0.05) is 31.4 Å². The molecule has 0 saturated heterocycles. The molecule has 2 N–H and O–H groups in total. The minimum absolute atomic E-state index is 0.189. The van der Waals surface area contributed by atoms with Crippen LogP contribution < -0.4 is 0 Å². The molecule has 0 radical (unpaired) electrons. The van der Waals surface area contributed by atoms with Crippen molar-refractivity contribution in [1.29, 1.82) is 0 Å². The molecule has 90 valence electrons. The third-order valence-electron chi connectivity index (χ3n) is 3.25. The average molecular weight is 226 g/mol. The van der Waals surface area contributed by atoms with E-state index in [-0.39, 0.29) is 12.3 Å². The second-order valence-corrected chi connectivity index (χ2v) is 4.40. The fourth-order valence-electron chi connectivity index (χ4n) is 2.31. The van der Waals surface area contributed by atoms with Crippen molar-refractivity contribution in [3.63, 3.8) is 0 Å². The fourth-order valence-corrected chi connectivity index (χ4v) is 2.31. The number of carboxylic acid groups (broad SMARTS) is 2. The fraction of sp³-hybridized carbons (Fsp3) is 0.667. The van der Waals surface area contributed by atoms with Crippen LogP contribution in [0.2, 0.25) is 0 Å². The van der Waals surface area contributed by atoms with Crippen LogP contribution in [0.3, 0.4) is 0 Å². The van der Waals surface area contributed by atoms with Gasteiger partial charge in [0, 0.05) is 0 Å². The van der Waals surface area contributed by atoms with Gasteiger partial charge in [-0.15, -0.1) is 0 Å². The summed E-state index contributed by atoms with van der Waals surface area (Å²) in [4.78, 5) is 21.6. The first-order valence-corrected chi connectivity index (χ1v) is 5.65. The van der Waals surface area contributed by atoms with Gasteiger partial charge in [-0.3, -0.25) is 9.59 Å². The van der Waals surface area contributed by atoms with Gasteiger partial charge in [0.15, 0.2) is 0 Å². The summed E-state index contributed by atoms with van der Waals surface area (Å²) < 4.78 is 0. The Balaban J connectivity index is 2.65. The van der Waals surface area contributed by atoms with Crippen LogP contribution in [-0.2, 0) is 9.59 Å². The summed E-state index contributed by atoms with van der Waals surface area (Å²) in [6, 6.07) is 0. The third kappa shape index (κ3) is 3.36. The van der Waals surface area contributed by atoms with Crippen molar-refractivity contribution < 1.29 is 19.8 Å². The van der Waals surface area contributed by atoms with E-state index in [9.17, 15) is 9.59 Å². The van der Waals surface area contributed by atoms with E-state index in [2.05, 4.69) is 6.58 Å². The van der Waals surface area contributed by atoms with E-state index in [0.29, 0.717) is 5.57 Å². The molecule has 0 aromatic carbocycles. The van der Waals surface area contributed by atoms with E-state index in [1.54, 1.807) is 0 Å². The maximum atomic E-state index is 11.0. The van der Waals surface area contributed by atoms with Crippen molar-refractivity contribution in [2.45, 2.75) is 38.5 Å². The van der Waals surface area contributed by atoms with Crippen LogP contribution in [0.4, 0.5) is 0 Å². The topological polar surface area (TPSA) is 74.6 Å². The average Bonchev–Trinajstić information content (AvgIpc) is 2.25. The van der Waals surface area contributed by atoms with Gasteiger partial charge in [-0.25, -0.2) is 0 Å². The summed E-state index contributed by atoms with van der Waals surface area (Å²) in [5.74, 6) is -2.89. The zero-order valence-electron chi connectivity index (χ0n) is 9.32. The SMILES string of the molecule is C=C(C1CCCCC1)C(CC(=O)O)C(=O)O. The van der Waals surface area contributed by atoms with E-state index < -0.39 is 17.9 Å². The van der Waals surface area contributed by atoms with Crippen LogP contribution in [0.25, 0.3) is 0 Å². The van der Waals surface area contributed by atoms with Crippen LogP contribution >= 0.6 is 0 Å². The zero-order chi connectivity index (χ0) is 12.1. The van der Waals surface area contributed by atoms with Gasteiger partial charge in [-0.05, 0) is 18.8 Å². The predicted molar refractivity (Wildman–Crippen MR) is 59.1 cm³/mol. The van der Waals surface area contributed by atoms with Crippen molar-refractivity contribution in [3.8, 4) is 0 Å². The molecule has 1 aliphatic carbocycles. The van der Waals surface area contributed by atoms with Crippen LogP contribution in [0.5, 0.6) is 0 Å². The van der Waals surface area contributed by atoms with Crippen LogP contribution in [-0.4, -0.2) is 22.2 Å². The normalized spacial score (nSPS) is 19.0. The quantitative estimate of drug-likeness (QED) is 0.705. The van der Waals surface area contributed by atoms with Crippen molar-refractivity contribution in [3.05, 3.63) is 12.2 Å². The number of rotatable bonds is 5. The molecule has 1 saturated carbocycles. The molecule has 0 spiro atoms. The molecule has 0 bridgehead atoms. The standard InChI is InChI=1S/C12H18O4/c1-8(9-5-3-2-4-6-9)10(12(15)16)7-11(13)14/h9-10H,1-7H2,(H,13,14)(H,15,16). The lowest BCUT2D eigenvalue weighted by Gasteiger charge is -2.26. The summed E-state index contributed by atoms with van der Waals surface area (Å²) in [6.07, 6.45) is 4.89. The minimum Gasteiger partial charge on any atom is -0.481 e. The summed E-state index contributed by atoms with van der Waals surface area (Å²) in [5, 5.41) is 17.7. The van der Waals surface area contributed by atoms with Crippen molar-refractivity contribution in [1.82, 2.24) is 0 Å². The largest absolute Gasteiger partial charge is 0.481 e. The maximum Gasteiger partial charge on any atom is 0.311 e. The molecule has 4 heteroatoms. The molecule has 16 heavy (non-hydrogen) atoms. The van der Waals surface area contributed by atoms with Crippen LogP contribution in [0, 0.1) is 11.8 Å². The smallest absolute Gasteiger partial charge is 0.311 e.